The van der Waals surface area contributed by atoms with Crippen LogP contribution >= 0.6 is 11.6 Å². The van der Waals surface area contributed by atoms with Gasteiger partial charge in [0.1, 0.15) is 0 Å². The first-order chi connectivity index (χ1) is 14.6. The number of rotatable bonds is 5. The van der Waals surface area contributed by atoms with Gasteiger partial charge < -0.3 is 20.4 Å². The van der Waals surface area contributed by atoms with E-state index in [4.69, 9.17) is 11.6 Å². The summed E-state index contributed by atoms with van der Waals surface area (Å²) in [6, 6.07) is 16.5. The van der Waals surface area contributed by atoms with Crippen LogP contribution in [-0.2, 0) is 11.3 Å². The number of hydrogen-bond donors (Lipinski definition) is 2. The van der Waals surface area contributed by atoms with E-state index < -0.39 is 0 Å². The van der Waals surface area contributed by atoms with Crippen molar-refractivity contribution < 1.29 is 4.79 Å². The van der Waals surface area contributed by atoms with Gasteiger partial charge in [0.05, 0.1) is 0 Å². The van der Waals surface area contributed by atoms with Crippen LogP contribution in [0.2, 0.25) is 5.02 Å². The largest absolute Gasteiger partial charge is 0.369 e. The highest BCUT2D eigenvalue weighted by Crippen LogP contribution is 2.24. The minimum Gasteiger partial charge on any atom is -0.369 e. The maximum absolute atomic E-state index is 11.9. The van der Waals surface area contributed by atoms with Crippen molar-refractivity contribution in [2.75, 3.05) is 36.5 Å². The van der Waals surface area contributed by atoms with Crippen molar-refractivity contribution in [3.63, 3.8) is 0 Å². The molecule has 2 aliphatic rings. The van der Waals surface area contributed by atoms with E-state index in [9.17, 15) is 4.79 Å². The van der Waals surface area contributed by atoms with Gasteiger partial charge in [-0.1, -0.05) is 29.8 Å². The van der Waals surface area contributed by atoms with Crippen LogP contribution in [0, 0.1) is 0 Å². The summed E-state index contributed by atoms with van der Waals surface area (Å²) in [5, 5.41) is 7.68. The molecule has 0 bridgehead atoms. The molecule has 1 atom stereocenters. The molecule has 0 saturated carbocycles. The van der Waals surface area contributed by atoms with E-state index in [1.165, 1.54) is 0 Å². The molecule has 30 heavy (non-hydrogen) atoms. The number of carbonyl (C=O) groups excluding carboxylic acids is 1. The average Bonchev–Trinajstić information content (AvgIpc) is 3.40. The highest BCUT2D eigenvalue weighted by Gasteiger charge is 2.24. The molecule has 2 saturated heterocycles. The Morgan fingerprint density at radius 2 is 2.00 bits per heavy atom. The first-order valence-corrected chi connectivity index (χ1v) is 10.9. The second kappa shape index (κ2) is 9.39. The van der Waals surface area contributed by atoms with Gasteiger partial charge >= 0.3 is 0 Å². The Kier molecular flexibility index (Phi) is 6.43. The van der Waals surface area contributed by atoms with Crippen LogP contribution in [0.5, 0.6) is 0 Å². The van der Waals surface area contributed by atoms with E-state index in [2.05, 4.69) is 38.7 Å². The second-order valence-electron chi connectivity index (χ2n) is 7.80. The molecule has 2 aromatic carbocycles. The normalized spacial score (nSPS) is 19.5. The molecule has 1 amide bonds. The van der Waals surface area contributed by atoms with Gasteiger partial charge in [0.15, 0.2) is 5.96 Å². The predicted octanol–water partition coefficient (Wildman–Crippen LogP) is 3.41. The number of hydrogen-bond acceptors (Lipinski definition) is 3. The number of nitrogens with one attached hydrogen (secondary N) is 2. The molecule has 2 heterocycles. The van der Waals surface area contributed by atoms with Gasteiger partial charge in [-0.15, -0.1) is 0 Å². The third-order valence-electron chi connectivity index (χ3n) is 5.71. The lowest BCUT2D eigenvalue weighted by Crippen LogP contribution is -2.44. The maximum Gasteiger partial charge on any atom is 0.227 e. The predicted molar refractivity (Wildman–Crippen MR) is 123 cm³/mol. The number of amides is 1. The molecule has 2 N–H and O–H groups in total. The summed E-state index contributed by atoms with van der Waals surface area (Å²) in [5.74, 6) is 1.01. The molecule has 0 aromatic heterocycles. The van der Waals surface area contributed by atoms with Crippen molar-refractivity contribution in [2.24, 2.45) is 4.99 Å². The van der Waals surface area contributed by atoms with Crippen LogP contribution in [-0.4, -0.2) is 44.6 Å². The second-order valence-corrected chi connectivity index (χ2v) is 8.23. The number of carbonyl (C=O) groups is 1. The first-order valence-electron chi connectivity index (χ1n) is 10.5. The van der Waals surface area contributed by atoms with Gasteiger partial charge in [-0.05, 0) is 48.7 Å². The van der Waals surface area contributed by atoms with Gasteiger partial charge in [0, 0.05) is 62.1 Å². The molecule has 2 aliphatic heterocycles. The Hall–Kier alpha value is -2.73. The Labute approximate surface area is 182 Å². The monoisotopic (exact) mass is 425 g/mol. The fourth-order valence-corrected chi connectivity index (χ4v) is 4.26. The zero-order chi connectivity index (χ0) is 20.9. The molecule has 6 nitrogen and oxygen atoms in total. The lowest BCUT2D eigenvalue weighted by Gasteiger charge is -2.21. The van der Waals surface area contributed by atoms with Crippen molar-refractivity contribution >= 4 is 34.8 Å². The SMILES string of the molecule is CN=C(NCc1ccc(N2CCCC2=O)cc1)NC1CCN(c2cccc(Cl)c2)C1. The molecule has 4 rings (SSSR count). The van der Waals surface area contributed by atoms with E-state index in [0.29, 0.717) is 19.0 Å². The van der Waals surface area contributed by atoms with Crippen molar-refractivity contribution in [3.05, 3.63) is 59.1 Å². The summed E-state index contributed by atoms with van der Waals surface area (Å²) >= 11 is 6.13. The summed E-state index contributed by atoms with van der Waals surface area (Å²) in [6.07, 6.45) is 2.65. The molecule has 2 aromatic rings. The summed E-state index contributed by atoms with van der Waals surface area (Å²) in [4.78, 5) is 20.5. The van der Waals surface area contributed by atoms with Crippen molar-refractivity contribution in [1.29, 1.82) is 0 Å². The van der Waals surface area contributed by atoms with Gasteiger partial charge in [-0.25, -0.2) is 0 Å². The van der Waals surface area contributed by atoms with E-state index >= 15 is 0 Å². The van der Waals surface area contributed by atoms with Gasteiger partial charge in [-0.3, -0.25) is 9.79 Å². The van der Waals surface area contributed by atoms with E-state index in [0.717, 1.165) is 60.4 Å². The Morgan fingerprint density at radius 1 is 1.17 bits per heavy atom. The van der Waals surface area contributed by atoms with Crippen molar-refractivity contribution in [3.8, 4) is 0 Å². The summed E-state index contributed by atoms with van der Waals surface area (Å²) < 4.78 is 0. The first kappa shape index (κ1) is 20.5. The standard InChI is InChI=1S/C23H28ClN5O/c1-25-23(27-19-11-13-28(16-19)21-5-2-4-18(24)14-21)26-15-17-7-9-20(10-8-17)29-12-3-6-22(29)30/h2,4-5,7-10,14,19H,3,6,11-13,15-16H2,1H3,(H2,25,26,27). The maximum atomic E-state index is 11.9. The molecule has 2 fully saturated rings. The van der Waals surface area contributed by atoms with E-state index in [-0.39, 0.29) is 5.91 Å². The van der Waals surface area contributed by atoms with Crippen LogP contribution in [0.25, 0.3) is 0 Å². The van der Waals surface area contributed by atoms with Gasteiger partial charge in [-0.2, -0.15) is 0 Å². The summed E-state index contributed by atoms with van der Waals surface area (Å²) in [7, 11) is 1.79. The zero-order valence-corrected chi connectivity index (χ0v) is 18.0. The number of nitrogens with zero attached hydrogens (tertiary/aromatic N) is 3. The molecule has 7 heteroatoms. The van der Waals surface area contributed by atoms with Crippen LogP contribution in [0.4, 0.5) is 11.4 Å². The lowest BCUT2D eigenvalue weighted by atomic mass is 10.2. The lowest BCUT2D eigenvalue weighted by molar-refractivity contribution is -0.117. The third-order valence-corrected chi connectivity index (χ3v) is 5.94. The van der Waals surface area contributed by atoms with Crippen LogP contribution in [0.1, 0.15) is 24.8 Å². The highest BCUT2D eigenvalue weighted by molar-refractivity contribution is 6.30. The number of halogens is 1. The Bertz CT molecular complexity index is 914. The molecule has 0 spiro atoms. The number of aliphatic imine (C=N–C) groups is 1. The van der Waals surface area contributed by atoms with Crippen LogP contribution in [0.3, 0.4) is 0 Å². The molecule has 1 unspecified atom stereocenters. The van der Waals surface area contributed by atoms with Crippen LogP contribution < -0.4 is 20.4 Å². The third kappa shape index (κ3) is 4.87. The number of guanidine groups is 1. The number of benzene rings is 2. The zero-order valence-electron chi connectivity index (χ0n) is 17.3. The fraction of sp³-hybridized carbons (Fsp3) is 0.391. The van der Waals surface area contributed by atoms with Crippen molar-refractivity contribution in [2.45, 2.75) is 31.8 Å². The van der Waals surface area contributed by atoms with Crippen LogP contribution in [0.15, 0.2) is 53.5 Å². The van der Waals surface area contributed by atoms with E-state index in [1.54, 1.807) is 7.05 Å². The Balaban J connectivity index is 1.28. The molecule has 158 valence electrons. The molecule has 0 aliphatic carbocycles. The van der Waals surface area contributed by atoms with E-state index in [1.807, 2.05) is 35.2 Å². The fourth-order valence-electron chi connectivity index (χ4n) is 4.07. The molecular weight excluding hydrogens is 398 g/mol. The minimum atomic E-state index is 0.217. The molecular formula is C23H28ClN5O. The highest BCUT2D eigenvalue weighted by atomic mass is 35.5. The average molecular weight is 426 g/mol. The Morgan fingerprint density at radius 3 is 2.70 bits per heavy atom. The smallest absolute Gasteiger partial charge is 0.227 e. The topological polar surface area (TPSA) is 60.0 Å². The van der Waals surface area contributed by atoms with Crippen molar-refractivity contribution in [1.82, 2.24) is 10.6 Å². The number of anilines is 2. The quantitative estimate of drug-likeness (QED) is 0.569. The minimum absolute atomic E-state index is 0.217. The van der Waals surface area contributed by atoms with Gasteiger partial charge in [0.25, 0.3) is 0 Å². The molecule has 0 radical (unpaired) electrons. The summed E-state index contributed by atoms with van der Waals surface area (Å²) in [6.45, 7) is 3.41. The van der Waals surface area contributed by atoms with Gasteiger partial charge in [0.2, 0.25) is 5.91 Å². The summed E-state index contributed by atoms with van der Waals surface area (Å²) in [5.41, 5.74) is 3.29.